The van der Waals surface area contributed by atoms with Crippen LogP contribution in [0.3, 0.4) is 0 Å². The van der Waals surface area contributed by atoms with Crippen LogP contribution in [0.15, 0.2) is 12.7 Å². The second-order valence-corrected chi connectivity index (χ2v) is 0.569. The van der Waals surface area contributed by atoms with Crippen LogP contribution in [-0.2, 0) is 16.5 Å². The van der Waals surface area contributed by atoms with Crippen molar-refractivity contribution in [2.45, 2.75) is 6.92 Å². The molecule has 0 spiro atoms. The first-order valence-corrected chi connectivity index (χ1v) is 1.32. The van der Waals surface area contributed by atoms with Gasteiger partial charge in [0, 0.05) is 16.5 Å². The smallest absolute Gasteiger partial charge is 0 e. The first-order chi connectivity index (χ1) is 1.91. The summed E-state index contributed by atoms with van der Waals surface area (Å²) in [4.78, 5) is 0. The molecule has 0 bridgehead atoms. The molecule has 0 heterocycles. The number of hydrogen-bond donors (Lipinski definition) is 0. The maximum absolute atomic E-state index is 3.42. The summed E-state index contributed by atoms with van der Waals surface area (Å²) in [7, 11) is 0. The van der Waals surface area contributed by atoms with Crippen LogP contribution in [0.5, 0.6) is 0 Å². The minimum atomic E-state index is 0. The standard InChI is InChI=1S/C4H7.BrH.Ni/c1-3-4-2;;/h3-4H,1H2,2H3;1H;/q-1;;. The zero-order valence-corrected chi connectivity index (χ0v) is 6.29. The Kier molecular flexibility index (Phi) is 46.8. The maximum atomic E-state index is 3.42. The van der Waals surface area contributed by atoms with E-state index >= 15 is 0 Å². The van der Waals surface area contributed by atoms with Gasteiger partial charge in [-0.15, -0.1) is 23.9 Å². The van der Waals surface area contributed by atoms with Gasteiger partial charge in [-0.2, -0.15) is 0 Å². The molecule has 2 heteroatoms. The fourth-order valence-electron chi connectivity index (χ4n) is 0. The molecule has 0 aliphatic heterocycles. The van der Waals surface area contributed by atoms with Crippen LogP contribution in [0.2, 0.25) is 0 Å². The van der Waals surface area contributed by atoms with Crippen molar-refractivity contribution in [3.05, 3.63) is 19.1 Å². The molecule has 42 valence electrons. The molecule has 0 aromatic rings. The summed E-state index contributed by atoms with van der Waals surface area (Å²) in [5.41, 5.74) is 0. The van der Waals surface area contributed by atoms with Gasteiger partial charge in [0.05, 0.1) is 0 Å². The van der Waals surface area contributed by atoms with Crippen LogP contribution >= 0.6 is 17.0 Å². The molecular weight excluding hydrogens is 187 g/mol. The summed E-state index contributed by atoms with van der Waals surface area (Å²) in [6, 6.07) is 0. The van der Waals surface area contributed by atoms with E-state index in [2.05, 4.69) is 6.58 Å². The van der Waals surface area contributed by atoms with E-state index in [0.29, 0.717) is 0 Å². The van der Waals surface area contributed by atoms with Gasteiger partial charge in [0.15, 0.2) is 0 Å². The topological polar surface area (TPSA) is 0 Å². The molecule has 0 N–H and O–H groups in total. The molecule has 0 atom stereocenters. The Balaban J connectivity index is -0.0000000450. The molecule has 0 amide bonds. The summed E-state index contributed by atoms with van der Waals surface area (Å²) in [5, 5.41) is 0. The molecule has 0 fully saturated rings. The fraction of sp³-hybridized carbons (Fsp3) is 0.250. The van der Waals surface area contributed by atoms with Gasteiger partial charge in [-0.3, -0.25) is 0 Å². The van der Waals surface area contributed by atoms with Crippen molar-refractivity contribution in [3.8, 4) is 0 Å². The number of hydrogen-bond acceptors (Lipinski definition) is 0. The molecule has 0 aromatic heterocycles. The molecule has 0 aliphatic carbocycles. The Morgan fingerprint density at radius 1 is 1.67 bits per heavy atom. The Morgan fingerprint density at radius 3 is 1.83 bits per heavy atom. The minimum Gasteiger partial charge on any atom is -0.245 e. The number of allylic oxidation sites excluding steroid dienone is 1. The average Bonchev–Trinajstić information content (AvgIpc) is 1.37. The molecule has 0 saturated carbocycles. The van der Waals surface area contributed by atoms with Crippen molar-refractivity contribution in [1.29, 1.82) is 0 Å². The average molecular weight is 195 g/mol. The maximum Gasteiger partial charge on any atom is 0 e. The Bertz CT molecular complexity index is 21.5. The van der Waals surface area contributed by atoms with E-state index in [1.165, 1.54) is 0 Å². The van der Waals surface area contributed by atoms with Crippen molar-refractivity contribution in [1.82, 2.24) is 0 Å². The molecule has 0 saturated heterocycles. The van der Waals surface area contributed by atoms with Gasteiger partial charge in [-0.05, 0) is 0 Å². The van der Waals surface area contributed by atoms with Crippen molar-refractivity contribution in [2.24, 2.45) is 0 Å². The van der Waals surface area contributed by atoms with Crippen LogP contribution in [-0.4, -0.2) is 0 Å². The minimum absolute atomic E-state index is 0. The zero-order chi connectivity index (χ0) is 3.41. The molecule has 0 rings (SSSR count). The third-order valence-corrected chi connectivity index (χ3v) is 0.236. The van der Waals surface area contributed by atoms with Gasteiger partial charge in [-0.25, -0.2) is 19.1 Å². The normalized spacial score (nSPS) is 3.50. The second kappa shape index (κ2) is 17.6. The first kappa shape index (κ1) is 16.0. The first-order valence-electron chi connectivity index (χ1n) is 1.32. The Labute approximate surface area is 59.7 Å². The van der Waals surface area contributed by atoms with E-state index < -0.39 is 0 Å². The predicted molar refractivity (Wildman–Crippen MR) is 30.5 cm³/mol. The predicted octanol–water partition coefficient (Wildman–Crippen LogP) is 1.97. The van der Waals surface area contributed by atoms with Crippen LogP contribution < -0.4 is 0 Å². The number of halogens is 1. The van der Waals surface area contributed by atoms with E-state index in [1.807, 2.05) is 13.3 Å². The van der Waals surface area contributed by atoms with Crippen LogP contribution in [0, 0.1) is 6.42 Å². The fourth-order valence-corrected chi connectivity index (χ4v) is 0. The van der Waals surface area contributed by atoms with Crippen LogP contribution in [0.1, 0.15) is 6.92 Å². The summed E-state index contributed by atoms with van der Waals surface area (Å²) in [5.74, 6) is 0. The monoisotopic (exact) mass is 193 g/mol. The van der Waals surface area contributed by atoms with Gasteiger partial charge in [-0.1, -0.05) is 0 Å². The molecule has 0 aromatic carbocycles. The summed E-state index contributed by atoms with van der Waals surface area (Å²) in [6.45, 7) is 5.36. The molecular formula is C4H8BrNi-. The van der Waals surface area contributed by atoms with E-state index in [4.69, 9.17) is 0 Å². The Morgan fingerprint density at radius 2 is 1.83 bits per heavy atom. The molecule has 0 aliphatic rings. The Hall–Kier alpha value is 0.584. The third kappa shape index (κ3) is 23.5. The largest absolute Gasteiger partial charge is 0.245 e. The summed E-state index contributed by atoms with van der Waals surface area (Å²) >= 11 is 0. The van der Waals surface area contributed by atoms with E-state index in [-0.39, 0.29) is 33.5 Å². The molecule has 0 unspecified atom stereocenters. The quantitative estimate of drug-likeness (QED) is 0.443. The van der Waals surface area contributed by atoms with Gasteiger partial charge in [0.2, 0.25) is 0 Å². The van der Waals surface area contributed by atoms with E-state index in [9.17, 15) is 0 Å². The van der Waals surface area contributed by atoms with E-state index in [0.717, 1.165) is 0 Å². The second-order valence-electron chi connectivity index (χ2n) is 0.569. The van der Waals surface area contributed by atoms with Crippen molar-refractivity contribution in [2.75, 3.05) is 0 Å². The van der Waals surface area contributed by atoms with Gasteiger partial charge >= 0.3 is 0 Å². The summed E-state index contributed by atoms with van der Waals surface area (Å²) < 4.78 is 0. The van der Waals surface area contributed by atoms with Crippen LogP contribution in [0.4, 0.5) is 0 Å². The molecule has 0 nitrogen and oxygen atoms in total. The summed E-state index contributed by atoms with van der Waals surface area (Å²) in [6.07, 6.45) is 3.64. The van der Waals surface area contributed by atoms with Gasteiger partial charge in [0.25, 0.3) is 0 Å². The van der Waals surface area contributed by atoms with Crippen molar-refractivity contribution in [3.63, 3.8) is 0 Å². The molecule has 0 radical (unpaired) electrons. The van der Waals surface area contributed by atoms with Gasteiger partial charge < -0.3 is 0 Å². The van der Waals surface area contributed by atoms with Crippen molar-refractivity contribution < 1.29 is 16.5 Å². The SMILES string of the molecule is Br.C=C[CH-]C.[Ni]. The molecule has 6 heavy (non-hydrogen) atoms. The van der Waals surface area contributed by atoms with Gasteiger partial charge in [0.1, 0.15) is 0 Å². The van der Waals surface area contributed by atoms with Crippen molar-refractivity contribution >= 4 is 17.0 Å². The van der Waals surface area contributed by atoms with Crippen LogP contribution in [0.25, 0.3) is 0 Å². The van der Waals surface area contributed by atoms with E-state index in [1.54, 1.807) is 6.08 Å². The number of rotatable bonds is 1. The third-order valence-electron chi connectivity index (χ3n) is 0.236. The zero-order valence-electron chi connectivity index (χ0n) is 3.59.